The number of rotatable bonds is 2. The molecule has 2 aromatic carbocycles. The molecule has 0 fully saturated rings. The van der Waals surface area contributed by atoms with Crippen LogP contribution < -0.4 is 0 Å². The van der Waals surface area contributed by atoms with Crippen molar-refractivity contribution in [2.24, 2.45) is 0 Å². The Morgan fingerprint density at radius 2 is 1.82 bits per heavy atom. The second kappa shape index (κ2) is 5.27. The van der Waals surface area contributed by atoms with Crippen LogP contribution in [0.15, 0.2) is 48.8 Å². The molecule has 1 N–H and O–H groups in total. The standard InChI is InChI=1S/C17H11Cl2N3/c18-12-6-5-10(7-13(12)19)8-15-17-16(21-9-20-15)11-3-1-2-4-14(11)22-17/h1-7,9,22H,8H2. The smallest absolute Gasteiger partial charge is 0.116 e. The number of halogens is 2. The number of H-pyrrole nitrogens is 1. The van der Waals surface area contributed by atoms with E-state index in [1.165, 1.54) is 0 Å². The fourth-order valence-electron chi connectivity index (χ4n) is 2.67. The minimum atomic E-state index is 0.557. The molecule has 0 radical (unpaired) electrons. The second-order valence-electron chi connectivity index (χ2n) is 5.14. The van der Waals surface area contributed by atoms with Gasteiger partial charge in [-0.05, 0) is 23.8 Å². The van der Waals surface area contributed by atoms with Crippen molar-refractivity contribution in [2.75, 3.05) is 0 Å². The van der Waals surface area contributed by atoms with Gasteiger partial charge in [0, 0.05) is 17.3 Å². The number of hydrogen-bond acceptors (Lipinski definition) is 2. The van der Waals surface area contributed by atoms with Gasteiger partial charge in [0.1, 0.15) is 6.33 Å². The first-order valence-electron chi connectivity index (χ1n) is 6.86. The Morgan fingerprint density at radius 3 is 2.68 bits per heavy atom. The van der Waals surface area contributed by atoms with Crippen molar-refractivity contribution in [3.63, 3.8) is 0 Å². The summed E-state index contributed by atoms with van der Waals surface area (Å²) in [6.45, 7) is 0. The molecule has 4 aromatic rings. The number of nitrogens with zero attached hydrogens (tertiary/aromatic N) is 2. The van der Waals surface area contributed by atoms with Crippen LogP contribution in [0.1, 0.15) is 11.3 Å². The number of fused-ring (bicyclic) bond motifs is 3. The maximum atomic E-state index is 6.09. The SMILES string of the molecule is Clc1ccc(Cc2ncnc3c2[nH]c2ccccc23)cc1Cl. The van der Waals surface area contributed by atoms with Gasteiger partial charge >= 0.3 is 0 Å². The fourth-order valence-corrected chi connectivity index (χ4v) is 2.99. The van der Waals surface area contributed by atoms with Crippen LogP contribution in [0, 0.1) is 0 Å². The summed E-state index contributed by atoms with van der Waals surface area (Å²) in [5.41, 5.74) is 4.98. The molecule has 2 aromatic heterocycles. The molecule has 0 aliphatic rings. The Balaban J connectivity index is 1.86. The van der Waals surface area contributed by atoms with Crippen LogP contribution in [-0.4, -0.2) is 15.0 Å². The number of hydrogen-bond donors (Lipinski definition) is 1. The van der Waals surface area contributed by atoms with E-state index in [4.69, 9.17) is 23.2 Å². The summed E-state index contributed by atoms with van der Waals surface area (Å²) in [7, 11) is 0. The quantitative estimate of drug-likeness (QED) is 0.562. The molecule has 0 unspecified atom stereocenters. The van der Waals surface area contributed by atoms with Gasteiger partial charge in [-0.15, -0.1) is 0 Å². The molecule has 108 valence electrons. The van der Waals surface area contributed by atoms with Crippen LogP contribution in [0.25, 0.3) is 21.9 Å². The Labute approximate surface area is 136 Å². The summed E-state index contributed by atoms with van der Waals surface area (Å²) < 4.78 is 0. The first-order valence-corrected chi connectivity index (χ1v) is 7.62. The highest BCUT2D eigenvalue weighted by molar-refractivity contribution is 6.42. The minimum absolute atomic E-state index is 0.557. The van der Waals surface area contributed by atoms with Crippen molar-refractivity contribution in [1.82, 2.24) is 15.0 Å². The summed E-state index contributed by atoms with van der Waals surface area (Å²) in [4.78, 5) is 12.3. The lowest BCUT2D eigenvalue weighted by Crippen LogP contribution is -1.95. The molecule has 0 amide bonds. The topological polar surface area (TPSA) is 41.6 Å². The summed E-state index contributed by atoms with van der Waals surface area (Å²) in [5.74, 6) is 0. The lowest BCUT2D eigenvalue weighted by molar-refractivity contribution is 1.06. The van der Waals surface area contributed by atoms with Crippen molar-refractivity contribution in [3.05, 3.63) is 70.1 Å². The number of nitrogens with one attached hydrogen (secondary N) is 1. The van der Waals surface area contributed by atoms with Crippen molar-refractivity contribution in [3.8, 4) is 0 Å². The van der Waals surface area contributed by atoms with Crippen molar-refractivity contribution in [1.29, 1.82) is 0 Å². The van der Waals surface area contributed by atoms with Gasteiger partial charge in [-0.2, -0.15) is 0 Å². The average Bonchev–Trinajstić information content (AvgIpc) is 2.91. The maximum Gasteiger partial charge on any atom is 0.116 e. The third-order valence-electron chi connectivity index (χ3n) is 3.72. The summed E-state index contributed by atoms with van der Waals surface area (Å²) in [5, 5.41) is 2.22. The zero-order chi connectivity index (χ0) is 15.1. The first-order chi connectivity index (χ1) is 10.7. The van der Waals surface area contributed by atoms with Crippen molar-refractivity contribution in [2.45, 2.75) is 6.42 Å². The highest BCUT2D eigenvalue weighted by atomic mass is 35.5. The lowest BCUT2D eigenvalue weighted by Gasteiger charge is -2.04. The van der Waals surface area contributed by atoms with E-state index < -0.39 is 0 Å². The molecule has 0 aliphatic heterocycles. The van der Waals surface area contributed by atoms with Crippen LogP contribution in [0.2, 0.25) is 10.0 Å². The molecule has 5 heteroatoms. The Hall–Kier alpha value is -2.10. The molecular formula is C17H11Cl2N3. The molecule has 0 spiro atoms. The summed E-state index contributed by atoms with van der Waals surface area (Å²) >= 11 is 12.1. The van der Waals surface area contributed by atoms with E-state index in [-0.39, 0.29) is 0 Å². The van der Waals surface area contributed by atoms with E-state index in [9.17, 15) is 0 Å². The molecule has 2 heterocycles. The molecule has 0 atom stereocenters. The highest BCUT2D eigenvalue weighted by Gasteiger charge is 2.11. The number of aromatic nitrogens is 3. The second-order valence-corrected chi connectivity index (χ2v) is 5.95. The van der Waals surface area contributed by atoms with E-state index in [1.807, 2.05) is 36.4 Å². The summed E-state index contributed by atoms with van der Waals surface area (Å²) in [6, 6.07) is 13.8. The molecule has 0 bridgehead atoms. The van der Waals surface area contributed by atoms with Gasteiger partial charge < -0.3 is 4.98 Å². The third-order valence-corrected chi connectivity index (χ3v) is 4.46. The molecule has 0 saturated carbocycles. The minimum Gasteiger partial charge on any atom is -0.352 e. The molecule has 4 rings (SSSR count). The van der Waals surface area contributed by atoms with Crippen molar-refractivity contribution >= 4 is 45.1 Å². The van der Waals surface area contributed by atoms with E-state index in [2.05, 4.69) is 21.0 Å². The van der Waals surface area contributed by atoms with E-state index in [1.54, 1.807) is 6.33 Å². The molecule has 0 saturated heterocycles. The maximum absolute atomic E-state index is 6.09. The van der Waals surface area contributed by atoms with E-state index in [0.717, 1.165) is 33.2 Å². The predicted octanol–water partition coefficient (Wildman–Crippen LogP) is 5.01. The van der Waals surface area contributed by atoms with Gasteiger partial charge in [0.2, 0.25) is 0 Å². The van der Waals surface area contributed by atoms with Crippen LogP contribution in [-0.2, 0) is 6.42 Å². The van der Waals surface area contributed by atoms with Gasteiger partial charge in [-0.25, -0.2) is 9.97 Å². The van der Waals surface area contributed by atoms with Crippen molar-refractivity contribution < 1.29 is 0 Å². The van der Waals surface area contributed by atoms with Crippen LogP contribution in [0.3, 0.4) is 0 Å². The Bertz CT molecular complexity index is 992. The third kappa shape index (κ3) is 2.23. The van der Waals surface area contributed by atoms with Crippen LogP contribution in [0.4, 0.5) is 0 Å². The van der Waals surface area contributed by atoms with E-state index >= 15 is 0 Å². The number of benzene rings is 2. The monoisotopic (exact) mass is 327 g/mol. The fraction of sp³-hybridized carbons (Fsp3) is 0.0588. The van der Waals surface area contributed by atoms with Gasteiger partial charge in [0.05, 0.1) is 26.8 Å². The summed E-state index contributed by atoms with van der Waals surface area (Å²) in [6.07, 6.45) is 2.28. The predicted molar refractivity (Wildman–Crippen MR) is 90.7 cm³/mol. The van der Waals surface area contributed by atoms with Gasteiger partial charge in [0.25, 0.3) is 0 Å². The molecule has 22 heavy (non-hydrogen) atoms. The largest absolute Gasteiger partial charge is 0.352 e. The molecule has 3 nitrogen and oxygen atoms in total. The van der Waals surface area contributed by atoms with Crippen LogP contribution in [0.5, 0.6) is 0 Å². The van der Waals surface area contributed by atoms with Gasteiger partial charge in [-0.1, -0.05) is 47.5 Å². The number of aromatic amines is 1. The molecular weight excluding hydrogens is 317 g/mol. The zero-order valence-corrected chi connectivity index (χ0v) is 13.0. The average molecular weight is 328 g/mol. The number of para-hydroxylation sites is 1. The van der Waals surface area contributed by atoms with E-state index in [0.29, 0.717) is 16.5 Å². The Morgan fingerprint density at radius 1 is 0.955 bits per heavy atom. The normalized spacial score (nSPS) is 11.4. The lowest BCUT2D eigenvalue weighted by atomic mass is 10.1. The highest BCUT2D eigenvalue weighted by Crippen LogP contribution is 2.27. The zero-order valence-electron chi connectivity index (χ0n) is 11.5. The van der Waals surface area contributed by atoms with Gasteiger partial charge in [0.15, 0.2) is 0 Å². The first kappa shape index (κ1) is 13.6. The van der Waals surface area contributed by atoms with Crippen LogP contribution >= 0.6 is 23.2 Å². The molecule has 0 aliphatic carbocycles. The Kier molecular flexibility index (Phi) is 3.25. The van der Waals surface area contributed by atoms with Gasteiger partial charge in [-0.3, -0.25) is 0 Å².